The number of β-amino-alcohol motifs (C(OH)–C–C–N with tert-alkyl or cyclic N) is 1. The summed E-state index contributed by atoms with van der Waals surface area (Å²) in [4.78, 5) is 54.4. The lowest BCUT2D eigenvalue weighted by molar-refractivity contribution is -0.141. The van der Waals surface area contributed by atoms with Crippen LogP contribution in [0.5, 0.6) is 5.75 Å². The Morgan fingerprint density at radius 2 is 1.71 bits per heavy atom. The number of amides is 2. The van der Waals surface area contributed by atoms with E-state index in [0.717, 1.165) is 110 Å². The molecule has 18 nitrogen and oxygen atoms in total. The molecule has 73 heavy (non-hydrogen) atoms. The third-order valence-corrected chi connectivity index (χ3v) is 17.4. The highest BCUT2D eigenvalue weighted by Gasteiger charge is 2.55. The number of thiazole rings is 1. The maximum Gasteiger partial charge on any atom is 0.243 e. The summed E-state index contributed by atoms with van der Waals surface area (Å²) in [6, 6.07) is 19.2. The molecule has 4 saturated heterocycles. The van der Waals surface area contributed by atoms with Gasteiger partial charge in [0.05, 0.1) is 39.6 Å². The van der Waals surface area contributed by atoms with Gasteiger partial charge in [0.2, 0.25) is 17.8 Å². The molecule has 4 atom stereocenters. The van der Waals surface area contributed by atoms with Crippen LogP contribution in [0.4, 0.5) is 23.3 Å². The number of aromatic hydroxyl groups is 1. The van der Waals surface area contributed by atoms with Gasteiger partial charge in [-0.1, -0.05) is 55.4 Å². The van der Waals surface area contributed by atoms with Crippen LogP contribution < -0.4 is 25.3 Å². The molecule has 380 valence electrons. The Morgan fingerprint density at radius 3 is 2.45 bits per heavy atom. The highest BCUT2D eigenvalue weighted by Crippen LogP contribution is 2.52. The second-order valence-electron chi connectivity index (χ2n) is 21.6. The fourth-order valence-electron chi connectivity index (χ4n) is 12.4. The summed E-state index contributed by atoms with van der Waals surface area (Å²) in [6.45, 7) is 13.5. The zero-order chi connectivity index (χ0) is 50.0. The molecule has 2 aromatic carbocycles. The Labute approximate surface area is 428 Å². The number of aryl methyl sites for hydroxylation is 1. The van der Waals surface area contributed by atoms with Crippen molar-refractivity contribution in [3.63, 3.8) is 0 Å². The zero-order valence-electron chi connectivity index (χ0n) is 41.6. The molecule has 1 spiro atoms. The van der Waals surface area contributed by atoms with Crippen LogP contribution in [0.1, 0.15) is 80.4 Å². The van der Waals surface area contributed by atoms with Gasteiger partial charge < -0.3 is 49.9 Å². The summed E-state index contributed by atoms with van der Waals surface area (Å²) < 4.78 is 5.93. The van der Waals surface area contributed by atoms with Gasteiger partial charge in [0.15, 0.2) is 17.4 Å². The number of aliphatic hydroxyl groups excluding tert-OH is 1. The number of carbonyl (C=O) groups excluding carboxylic acids is 2. The predicted molar refractivity (Wildman–Crippen MR) is 279 cm³/mol. The van der Waals surface area contributed by atoms with E-state index in [1.165, 1.54) is 23.3 Å². The number of phenolic OH excluding ortho intramolecular Hbond substituents is 1. The Kier molecular flexibility index (Phi) is 12.5. The average Bonchev–Trinajstić information content (AvgIpc) is 4.15. The smallest absolute Gasteiger partial charge is 0.243 e. The standard InChI is InChI=1S/C54H63N13O5S/c1-32(2)48(52(71)67-28-40(68)18-44(67)51(70)56-23-34-8-10-36(11-9-34)49-33(3)59-31-73-49)46-20-47(62-72-46)65-29-54(30-65)21-38(22-54)63-14-12-35(13-15-63)37-24-57-53(58-25-37)64-16-17-66-39(27-64)26-55-50-43(66)19-42(60-61-50)41-6-4-5-7-45(41)69/h4-11,19-20,24-25,31-32,35,38-40,44,48,68-69H,12-18,21-23,26-30H2,1-3H3,(H,55,61)(H,56,70)/t39-,40+,44-,48+/m0/s1. The number of hydrogen-bond acceptors (Lipinski definition) is 17. The quantitative estimate of drug-likeness (QED) is 0.110. The lowest BCUT2D eigenvalue weighted by atomic mass is 9.60. The number of likely N-dealkylation sites (tertiary alicyclic amines) is 2. The first-order valence-electron chi connectivity index (χ1n) is 25.9. The van der Waals surface area contributed by atoms with Gasteiger partial charge in [-0.05, 0) is 92.4 Å². The Hall–Kier alpha value is -6.70. The molecule has 0 unspecified atom stereocenters. The highest BCUT2D eigenvalue weighted by molar-refractivity contribution is 7.13. The summed E-state index contributed by atoms with van der Waals surface area (Å²) in [6.07, 6.45) is 8.02. The first-order valence-corrected chi connectivity index (χ1v) is 26.8. The van der Waals surface area contributed by atoms with Crippen molar-refractivity contribution in [1.29, 1.82) is 0 Å². The van der Waals surface area contributed by atoms with Crippen LogP contribution in [-0.2, 0) is 16.1 Å². The van der Waals surface area contributed by atoms with Crippen molar-refractivity contribution in [1.82, 2.24) is 45.4 Å². The second-order valence-corrected chi connectivity index (χ2v) is 22.4. The maximum absolute atomic E-state index is 14.3. The number of hydrogen-bond donors (Lipinski definition) is 4. The number of piperidine rings is 1. The molecule has 0 bridgehead atoms. The van der Waals surface area contributed by atoms with Crippen molar-refractivity contribution in [3.8, 4) is 27.4 Å². The van der Waals surface area contributed by atoms with Crippen LogP contribution in [-0.4, -0.2) is 145 Å². The molecule has 0 radical (unpaired) electrons. The molecule has 5 aliphatic heterocycles. The van der Waals surface area contributed by atoms with Gasteiger partial charge >= 0.3 is 0 Å². The van der Waals surface area contributed by atoms with E-state index < -0.39 is 18.1 Å². The van der Waals surface area contributed by atoms with Crippen LogP contribution in [0.25, 0.3) is 21.7 Å². The van der Waals surface area contributed by atoms with Gasteiger partial charge in [-0.3, -0.25) is 9.59 Å². The number of phenols is 1. The summed E-state index contributed by atoms with van der Waals surface area (Å²) in [5.41, 5.74) is 8.68. The minimum atomic E-state index is -0.790. The molecule has 9 heterocycles. The first-order chi connectivity index (χ1) is 35.5. The number of aromatic nitrogens is 6. The fourth-order valence-corrected chi connectivity index (χ4v) is 13.2. The van der Waals surface area contributed by atoms with Gasteiger partial charge in [0.1, 0.15) is 17.7 Å². The third kappa shape index (κ3) is 9.13. The van der Waals surface area contributed by atoms with E-state index in [1.54, 1.807) is 23.5 Å². The Bertz CT molecular complexity index is 2960. The van der Waals surface area contributed by atoms with Crippen molar-refractivity contribution in [3.05, 3.63) is 101 Å². The normalized spacial score (nSPS) is 22.4. The molecule has 1 saturated carbocycles. The number of rotatable bonds is 12. The number of piperazine rings is 1. The predicted octanol–water partition coefficient (Wildman–Crippen LogP) is 6.05. The summed E-state index contributed by atoms with van der Waals surface area (Å²) in [7, 11) is 0. The minimum Gasteiger partial charge on any atom is -0.507 e. The van der Waals surface area contributed by atoms with Crippen molar-refractivity contribution >= 4 is 46.4 Å². The van der Waals surface area contributed by atoms with Gasteiger partial charge in [0, 0.05) is 94.3 Å². The molecule has 19 heteroatoms. The zero-order valence-corrected chi connectivity index (χ0v) is 42.4. The van der Waals surface area contributed by atoms with Crippen LogP contribution in [0, 0.1) is 18.3 Å². The van der Waals surface area contributed by atoms with Crippen LogP contribution in [0.3, 0.4) is 0 Å². The van der Waals surface area contributed by atoms with Crippen LogP contribution >= 0.6 is 11.3 Å². The molecule has 6 aromatic rings. The largest absolute Gasteiger partial charge is 0.507 e. The van der Waals surface area contributed by atoms with E-state index in [4.69, 9.17) is 14.5 Å². The minimum absolute atomic E-state index is 0.0938. The molecule has 1 aliphatic carbocycles. The molecule has 12 rings (SSSR count). The Balaban J connectivity index is 0.597. The number of aliphatic hydroxyl groups is 1. The number of nitrogens with one attached hydrogen (secondary N) is 2. The molecular formula is C54H63N13O5S. The van der Waals surface area contributed by atoms with E-state index in [9.17, 15) is 19.8 Å². The van der Waals surface area contributed by atoms with E-state index >= 15 is 0 Å². The number of anilines is 4. The fraction of sp³-hybridized carbons (Fsp3) is 0.481. The van der Waals surface area contributed by atoms with E-state index in [1.807, 2.05) is 87.2 Å². The first kappa shape index (κ1) is 47.3. The average molecular weight is 1010 g/mol. The van der Waals surface area contributed by atoms with Crippen molar-refractivity contribution < 1.29 is 24.3 Å². The van der Waals surface area contributed by atoms with Gasteiger partial charge in [0.25, 0.3) is 0 Å². The Morgan fingerprint density at radius 1 is 0.932 bits per heavy atom. The molecule has 6 aliphatic rings. The van der Waals surface area contributed by atoms with Crippen molar-refractivity contribution in [2.75, 3.05) is 78.9 Å². The highest BCUT2D eigenvalue weighted by atomic mass is 32.1. The van der Waals surface area contributed by atoms with Gasteiger partial charge in [-0.15, -0.1) is 21.5 Å². The number of nitrogens with zero attached hydrogens (tertiary/aromatic N) is 11. The summed E-state index contributed by atoms with van der Waals surface area (Å²) in [5, 5.41) is 41.0. The topological polar surface area (TPSA) is 205 Å². The summed E-state index contributed by atoms with van der Waals surface area (Å²) >= 11 is 1.60. The van der Waals surface area contributed by atoms with E-state index in [2.05, 4.69) is 50.6 Å². The molecule has 2 amide bonds. The number of benzene rings is 2. The van der Waals surface area contributed by atoms with E-state index in [-0.39, 0.29) is 47.9 Å². The summed E-state index contributed by atoms with van der Waals surface area (Å²) in [5.74, 6) is 2.15. The number of fused-ring (bicyclic) bond motifs is 3. The number of carbonyl (C=O) groups is 2. The molecule has 4 aromatic heterocycles. The van der Waals surface area contributed by atoms with Crippen LogP contribution in [0.15, 0.2) is 83.1 Å². The molecule has 4 N–H and O–H groups in total. The monoisotopic (exact) mass is 1010 g/mol. The molecular weight excluding hydrogens is 943 g/mol. The second kappa shape index (κ2) is 19.3. The lowest BCUT2D eigenvalue weighted by Gasteiger charge is -2.61. The van der Waals surface area contributed by atoms with Gasteiger partial charge in [-0.25, -0.2) is 15.0 Å². The third-order valence-electron chi connectivity index (χ3n) is 16.5. The molecule has 5 fully saturated rings. The van der Waals surface area contributed by atoms with Crippen molar-refractivity contribution in [2.24, 2.45) is 11.3 Å². The maximum atomic E-state index is 14.3. The van der Waals surface area contributed by atoms with Crippen LogP contribution in [0.2, 0.25) is 0 Å². The van der Waals surface area contributed by atoms with Crippen molar-refractivity contribution in [2.45, 2.75) is 95.5 Å². The van der Waals surface area contributed by atoms with E-state index in [0.29, 0.717) is 35.5 Å². The lowest BCUT2D eigenvalue weighted by Crippen LogP contribution is -2.67. The SMILES string of the molecule is Cc1ncsc1-c1ccc(CNC(=O)[C@@H]2C[C@@H](O)CN2C(=O)[C@@H](c2cc(N3CC4(CC(N5CCC(c6cnc(N7CCN8c9cc(-c%10ccccc%10O)nnc9NC[C@H]8C7)nc6)CC5)C4)C3)no2)C(C)C)cc1. The van der Waals surface area contributed by atoms with Gasteiger partial charge in [-0.2, -0.15) is 0 Å². The number of para-hydroxylation sites is 1.